The number of aliphatic hydroxyl groups excluding tert-OH is 1. The van der Waals surface area contributed by atoms with Crippen LogP contribution in [0.4, 0.5) is 0 Å². The topological polar surface area (TPSA) is 41.9 Å². The van der Waals surface area contributed by atoms with Crippen LogP contribution in [0.25, 0.3) is 0 Å². The third-order valence-electron chi connectivity index (χ3n) is 3.12. The van der Waals surface area contributed by atoms with Gasteiger partial charge < -0.3 is 14.6 Å². The van der Waals surface area contributed by atoms with Gasteiger partial charge in [0.25, 0.3) is 0 Å². The monoisotopic (exact) mass is 251 g/mol. The Labute approximate surface area is 108 Å². The fraction of sp³-hybridized carbons (Fsp3) is 0.571. The van der Waals surface area contributed by atoms with Crippen molar-refractivity contribution in [1.29, 1.82) is 0 Å². The zero-order chi connectivity index (χ0) is 12.6. The molecule has 4 nitrogen and oxygen atoms in total. The van der Waals surface area contributed by atoms with E-state index in [2.05, 4.69) is 4.90 Å². The number of ether oxygens (including phenoxy) is 2. The number of aliphatic hydroxyl groups is 1. The first kappa shape index (κ1) is 13.3. The molecule has 1 saturated heterocycles. The smallest absolute Gasteiger partial charge is 0.122 e. The van der Waals surface area contributed by atoms with Gasteiger partial charge in [-0.1, -0.05) is 18.2 Å². The second-order valence-electron chi connectivity index (χ2n) is 4.38. The molecule has 1 aromatic carbocycles. The van der Waals surface area contributed by atoms with Crippen molar-refractivity contribution in [1.82, 2.24) is 4.90 Å². The van der Waals surface area contributed by atoms with E-state index in [-0.39, 0.29) is 6.61 Å². The largest absolute Gasteiger partial charge is 0.492 e. The van der Waals surface area contributed by atoms with Crippen LogP contribution in [0, 0.1) is 0 Å². The van der Waals surface area contributed by atoms with E-state index in [1.54, 1.807) is 0 Å². The van der Waals surface area contributed by atoms with Crippen LogP contribution in [0.15, 0.2) is 24.3 Å². The molecular formula is C14H21NO3. The van der Waals surface area contributed by atoms with Crippen LogP contribution in [-0.4, -0.2) is 56.1 Å². The summed E-state index contributed by atoms with van der Waals surface area (Å²) in [6, 6.07) is 7.90. The molecule has 0 aliphatic carbocycles. The first-order valence-electron chi connectivity index (χ1n) is 6.52. The molecule has 1 aromatic rings. The van der Waals surface area contributed by atoms with Gasteiger partial charge in [-0.05, 0) is 18.1 Å². The van der Waals surface area contributed by atoms with Crippen LogP contribution < -0.4 is 4.74 Å². The Bertz CT molecular complexity index is 351. The SMILES string of the molecule is OCCc1ccccc1OCCN1CCOCC1. The molecule has 1 N–H and O–H groups in total. The van der Waals surface area contributed by atoms with E-state index in [9.17, 15) is 0 Å². The van der Waals surface area contributed by atoms with Crippen LogP contribution >= 0.6 is 0 Å². The maximum absolute atomic E-state index is 9.00. The molecule has 0 spiro atoms. The zero-order valence-corrected chi connectivity index (χ0v) is 10.7. The van der Waals surface area contributed by atoms with E-state index >= 15 is 0 Å². The van der Waals surface area contributed by atoms with E-state index in [0.717, 1.165) is 44.2 Å². The number of rotatable bonds is 6. The van der Waals surface area contributed by atoms with Crippen LogP contribution in [0.2, 0.25) is 0 Å². The maximum Gasteiger partial charge on any atom is 0.122 e. The molecule has 100 valence electrons. The molecule has 1 fully saturated rings. The molecule has 1 aliphatic rings. The van der Waals surface area contributed by atoms with E-state index in [1.807, 2.05) is 24.3 Å². The average molecular weight is 251 g/mol. The molecule has 18 heavy (non-hydrogen) atoms. The van der Waals surface area contributed by atoms with E-state index in [1.165, 1.54) is 0 Å². The van der Waals surface area contributed by atoms with Crippen molar-refractivity contribution in [2.45, 2.75) is 6.42 Å². The van der Waals surface area contributed by atoms with Gasteiger partial charge in [0.2, 0.25) is 0 Å². The first-order chi connectivity index (χ1) is 8.90. The van der Waals surface area contributed by atoms with Crippen molar-refractivity contribution in [2.24, 2.45) is 0 Å². The minimum atomic E-state index is 0.157. The lowest BCUT2D eigenvalue weighted by Gasteiger charge is -2.26. The van der Waals surface area contributed by atoms with E-state index < -0.39 is 0 Å². The van der Waals surface area contributed by atoms with Gasteiger partial charge in [-0.25, -0.2) is 0 Å². The summed E-state index contributed by atoms with van der Waals surface area (Å²) in [5.41, 5.74) is 1.07. The highest BCUT2D eigenvalue weighted by atomic mass is 16.5. The summed E-state index contributed by atoms with van der Waals surface area (Å²) in [6.45, 7) is 5.38. The van der Waals surface area contributed by atoms with Crippen LogP contribution in [0.5, 0.6) is 5.75 Å². The van der Waals surface area contributed by atoms with Gasteiger partial charge in [0, 0.05) is 26.2 Å². The molecule has 0 unspecified atom stereocenters. The molecular weight excluding hydrogens is 230 g/mol. The van der Waals surface area contributed by atoms with Gasteiger partial charge >= 0.3 is 0 Å². The first-order valence-corrected chi connectivity index (χ1v) is 6.52. The van der Waals surface area contributed by atoms with Crippen molar-refractivity contribution in [2.75, 3.05) is 46.1 Å². The van der Waals surface area contributed by atoms with Crippen molar-refractivity contribution < 1.29 is 14.6 Å². The summed E-state index contributed by atoms with van der Waals surface area (Å²) >= 11 is 0. The summed E-state index contributed by atoms with van der Waals surface area (Å²) in [5, 5.41) is 9.00. The molecule has 0 bridgehead atoms. The lowest BCUT2D eigenvalue weighted by Crippen LogP contribution is -2.38. The van der Waals surface area contributed by atoms with Crippen LogP contribution in [0.3, 0.4) is 0 Å². The van der Waals surface area contributed by atoms with Gasteiger partial charge in [-0.2, -0.15) is 0 Å². The third-order valence-corrected chi connectivity index (χ3v) is 3.12. The number of morpholine rings is 1. The molecule has 0 aromatic heterocycles. The van der Waals surface area contributed by atoms with Crippen LogP contribution in [0.1, 0.15) is 5.56 Å². The Morgan fingerprint density at radius 1 is 1.22 bits per heavy atom. The molecule has 0 amide bonds. The molecule has 2 rings (SSSR count). The fourth-order valence-corrected chi connectivity index (χ4v) is 2.08. The number of hydrogen-bond donors (Lipinski definition) is 1. The maximum atomic E-state index is 9.00. The molecule has 1 aliphatic heterocycles. The van der Waals surface area contributed by atoms with Gasteiger partial charge in [-0.3, -0.25) is 4.90 Å². The lowest BCUT2D eigenvalue weighted by molar-refractivity contribution is 0.0322. The highest BCUT2D eigenvalue weighted by Crippen LogP contribution is 2.18. The number of hydrogen-bond acceptors (Lipinski definition) is 4. The Morgan fingerprint density at radius 2 is 2.00 bits per heavy atom. The summed E-state index contributed by atoms with van der Waals surface area (Å²) in [4.78, 5) is 2.35. The van der Waals surface area contributed by atoms with Crippen LogP contribution in [-0.2, 0) is 11.2 Å². The standard InChI is InChI=1S/C14H21NO3/c16-9-5-13-3-1-2-4-14(13)18-12-8-15-6-10-17-11-7-15/h1-4,16H,5-12H2. The summed E-state index contributed by atoms with van der Waals surface area (Å²) in [5.74, 6) is 0.889. The van der Waals surface area contributed by atoms with Gasteiger partial charge in [0.05, 0.1) is 13.2 Å². The number of nitrogens with zero attached hydrogens (tertiary/aromatic N) is 1. The molecule has 0 saturated carbocycles. The number of para-hydroxylation sites is 1. The normalized spacial score (nSPS) is 16.7. The predicted octanol–water partition coefficient (Wildman–Crippen LogP) is 0.932. The highest BCUT2D eigenvalue weighted by Gasteiger charge is 2.10. The zero-order valence-electron chi connectivity index (χ0n) is 10.7. The Hall–Kier alpha value is -1.10. The van der Waals surface area contributed by atoms with Crippen molar-refractivity contribution in [3.63, 3.8) is 0 Å². The predicted molar refractivity (Wildman–Crippen MR) is 70.0 cm³/mol. The summed E-state index contributed by atoms with van der Waals surface area (Å²) in [6.07, 6.45) is 0.647. The quantitative estimate of drug-likeness (QED) is 0.817. The van der Waals surface area contributed by atoms with Gasteiger partial charge in [-0.15, -0.1) is 0 Å². The number of benzene rings is 1. The third kappa shape index (κ3) is 3.98. The minimum Gasteiger partial charge on any atom is -0.492 e. The Balaban J connectivity index is 1.78. The fourth-order valence-electron chi connectivity index (χ4n) is 2.08. The molecule has 0 radical (unpaired) electrons. The minimum absolute atomic E-state index is 0.157. The van der Waals surface area contributed by atoms with Gasteiger partial charge in [0.15, 0.2) is 0 Å². The van der Waals surface area contributed by atoms with Crippen molar-refractivity contribution >= 4 is 0 Å². The summed E-state index contributed by atoms with van der Waals surface area (Å²) < 4.78 is 11.1. The molecule has 0 atom stereocenters. The highest BCUT2D eigenvalue weighted by molar-refractivity contribution is 5.33. The Morgan fingerprint density at radius 3 is 2.78 bits per heavy atom. The lowest BCUT2D eigenvalue weighted by atomic mass is 10.1. The van der Waals surface area contributed by atoms with Gasteiger partial charge in [0.1, 0.15) is 12.4 Å². The second-order valence-corrected chi connectivity index (χ2v) is 4.38. The summed E-state index contributed by atoms with van der Waals surface area (Å²) in [7, 11) is 0. The Kier molecular flexibility index (Phi) is 5.45. The van der Waals surface area contributed by atoms with Crippen molar-refractivity contribution in [3.05, 3.63) is 29.8 Å². The molecule has 1 heterocycles. The van der Waals surface area contributed by atoms with Crippen molar-refractivity contribution in [3.8, 4) is 5.75 Å². The second kappa shape index (κ2) is 7.36. The van der Waals surface area contributed by atoms with E-state index in [0.29, 0.717) is 13.0 Å². The van der Waals surface area contributed by atoms with E-state index in [4.69, 9.17) is 14.6 Å². The average Bonchev–Trinajstić information content (AvgIpc) is 2.42. The molecule has 4 heteroatoms.